The van der Waals surface area contributed by atoms with Gasteiger partial charge in [-0.1, -0.05) is 17.7 Å². The summed E-state index contributed by atoms with van der Waals surface area (Å²) in [5, 5.41) is 17.0. The van der Waals surface area contributed by atoms with Crippen LogP contribution in [0.5, 0.6) is 5.75 Å². The highest BCUT2D eigenvalue weighted by molar-refractivity contribution is 6.32. The molecule has 3 N–H and O–H groups in total. The summed E-state index contributed by atoms with van der Waals surface area (Å²) in [7, 11) is 0. The van der Waals surface area contributed by atoms with Gasteiger partial charge in [-0.2, -0.15) is 0 Å². The molecule has 0 saturated carbocycles. The highest BCUT2D eigenvalue weighted by atomic mass is 35.5. The molecule has 0 radical (unpaired) electrons. The van der Waals surface area contributed by atoms with Crippen LogP contribution >= 0.6 is 24.0 Å². The summed E-state index contributed by atoms with van der Waals surface area (Å²) in [6.07, 6.45) is -0.252. The Morgan fingerprint density at radius 2 is 2.12 bits per heavy atom. The fourth-order valence-corrected chi connectivity index (χ4v) is 3.47. The Morgan fingerprint density at radius 1 is 1.31 bits per heavy atom. The van der Waals surface area contributed by atoms with Crippen molar-refractivity contribution >= 4 is 24.0 Å². The van der Waals surface area contributed by atoms with Gasteiger partial charge >= 0.3 is 0 Å². The number of morpholine rings is 1. The fraction of sp³-hybridized carbons (Fsp3) is 0.667. The topological polar surface area (TPSA) is 66.0 Å². The minimum absolute atomic E-state index is 0. The number of hydrogen-bond donors (Lipinski definition) is 3. The highest BCUT2D eigenvalue weighted by Gasteiger charge is 2.24. The molecule has 0 spiro atoms. The molecule has 2 heterocycles. The van der Waals surface area contributed by atoms with Crippen LogP contribution in [0.2, 0.25) is 5.02 Å². The van der Waals surface area contributed by atoms with Gasteiger partial charge in [0.25, 0.3) is 0 Å². The average molecular weight is 406 g/mol. The molecule has 2 unspecified atom stereocenters. The van der Waals surface area contributed by atoms with E-state index < -0.39 is 0 Å². The number of aliphatic hydroxyl groups is 1. The molecular weight excluding hydrogens is 377 g/mol. The quantitative estimate of drug-likeness (QED) is 0.602. The second-order valence-corrected chi connectivity index (χ2v) is 7.09. The Hall–Kier alpha value is -0.600. The van der Waals surface area contributed by atoms with Crippen LogP contribution in [0.1, 0.15) is 5.56 Å². The molecule has 26 heavy (non-hydrogen) atoms. The van der Waals surface area contributed by atoms with Gasteiger partial charge in [-0.3, -0.25) is 4.90 Å². The molecule has 2 fully saturated rings. The van der Waals surface area contributed by atoms with Crippen LogP contribution in [0.15, 0.2) is 18.2 Å². The first kappa shape index (κ1) is 21.7. The molecule has 1 aromatic carbocycles. The SMILES string of the molecule is Cl.OC1CNCC1CNCc1ccc(OCCN2CCOCC2)c(Cl)c1. The van der Waals surface area contributed by atoms with Crippen molar-refractivity contribution in [3.8, 4) is 5.75 Å². The summed E-state index contributed by atoms with van der Waals surface area (Å²) >= 11 is 6.34. The number of ether oxygens (including phenoxy) is 2. The maximum atomic E-state index is 9.79. The van der Waals surface area contributed by atoms with Crippen molar-refractivity contribution < 1.29 is 14.6 Å². The first-order valence-corrected chi connectivity index (χ1v) is 9.41. The van der Waals surface area contributed by atoms with Crippen molar-refractivity contribution in [2.75, 3.05) is 59.1 Å². The Morgan fingerprint density at radius 3 is 2.81 bits per heavy atom. The average Bonchev–Trinajstić information content (AvgIpc) is 3.03. The van der Waals surface area contributed by atoms with Crippen LogP contribution in [-0.2, 0) is 11.3 Å². The van der Waals surface area contributed by atoms with Crippen molar-refractivity contribution in [3.63, 3.8) is 0 Å². The van der Waals surface area contributed by atoms with E-state index in [4.69, 9.17) is 21.1 Å². The second-order valence-electron chi connectivity index (χ2n) is 6.68. The summed E-state index contributed by atoms with van der Waals surface area (Å²) in [6, 6.07) is 5.92. The number of β-amino-alcohol motifs (C(OH)–C–C–N with tert-alkyl or cyclic N) is 1. The van der Waals surface area contributed by atoms with Gasteiger partial charge in [0, 0.05) is 51.7 Å². The monoisotopic (exact) mass is 405 g/mol. The van der Waals surface area contributed by atoms with Crippen molar-refractivity contribution in [1.29, 1.82) is 0 Å². The molecule has 0 amide bonds. The number of nitrogens with one attached hydrogen (secondary N) is 2. The van der Waals surface area contributed by atoms with Crippen LogP contribution in [0, 0.1) is 5.92 Å². The van der Waals surface area contributed by atoms with E-state index >= 15 is 0 Å². The molecule has 148 valence electrons. The summed E-state index contributed by atoms with van der Waals surface area (Å²) in [4.78, 5) is 2.34. The fourth-order valence-electron chi connectivity index (χ4n) is 3.21. The largest absolute Gasteiger partial charge is 0.491 e. The van der Waals surface area contributed by atoms with Crippen molar-refractivity contribution in [2.45, 2.75) is 12.6 Å². The smallest absolute Gasteiger partial charge is 0.137 e. The lowest BCUT2D eigenvalue weighted by Gasteiger charge is -2.26. The lowest BCUT2D eigenvalue weighted by molar-refractivity contribution is 0.0322. The number of aliphatic hydroxyl groups excluding tert-OH is 1. The van der Waals surface area contributed by atoms with E-state index in [0.717, 1.165) is 63.8 Å². The molecule has 1 aromatic rings. The van der Waals surface area contributed by atoms with E-state index in [1.165, 1.54) is 0 Å². The van der Waals surface area contributed by atoms with Gasteiger partial charge in [0.15, 0.2) is 0 Å². The Bertz CT molecular complexity index is 544. The van der Waals surface area contributed by atoms with Gasteiger partial charge in [0.2, 0.25) is 0 Å². The number of rotatable bonds is 8. The predicted octanol–water partition coefficient (Wildman–Crippen LogP) is 1.14. The van der Waals surface area contributed by atoms with Crippen LogP contribution in [0.3, 0.4) is 0 Å². The van der Waals surface area contributed by atoms with Crippen molar-refractivity contribution in [1.82, 2.24) is 15.5 Å². The van der Waals surface area contributed by atoms with E-state index in [-0.39, 0.29) is 24.4 Å². The van der Waals surface area contributed by atoms with Crippen molar-refractivity contribution in [3.05, 3.63) is 28.8 Å². The number of halogens is 2. The van der Waals surface area contributed by atoms with E-state index in [2.05, 4.69) is 15.5 Å². The van der Waals surface area contributed by atoms with E-state index in [1.807, 2.05) is 18.2 Å². The summed E-state index contributed by atoms with van der Waals surface area (Å²) in [6.45, 7) is 8.14. The van der Waals surface area contributed by atoms with Crippen molar-refractivity contribution in [2.24, 2.45) is 5.92 Å². The zero-order valence-electron chi connectivity index (χ0n) is 15.0. The summed E-state index contributed by atoms with van der Waals surface area (Å²) < 4.78 is 11.2. The maximum absolute atomic E-state index is 9.79. The lowest BCUT2D eigenvalue weighted by atomic mass is 10.1. The van der Waals surface area contributed by atoms with Gasteiger partial charge in [-0.15, -0.1) is 12.4 Å². The van der Waals surface area contributed by atoms with Gasteiger partial charge in [0.05, 0.1) is 24.3 Å². The molecule has 8 heteroatoms. The number of hydrogen-bond acceptors (Lipinski definition) is 6. The first-order valence-electron chi connectivity index (χ1n) is 9.03. The zero-order chi connectivity index (χ0) is 17.5. The Kier molecular flexibility index (Phi) is 9.42. The molecule has 0 aliphatic carbocycles. The Balaban J connectivity index is 0.00000243. The molecule has 2 atom stereocenters. The van der Waals surface area contributed by atoms with Crippen LogP contribution < -0.4 is 15.4 Å². The molecular formula is C18H29Cl2N3O3. The number of benzene rings is 1. The van der Waals surface area contributed by atoms with E-state index in [1.54, 1.807) is 0 Å². The molecule has 6 nitrogen and oxygen atoms in total. The minimum atomic E-state index is -0.252. The zero-order valence-corrected chi connectivity index (χ0v) is 16.5. The second kappa shape index (κ2) is 11.3. The maximum Gasteiger partial charge on any atom is 0.137 e. The van der Waals surface area contributed by atoms with E-state index in [0.29, 0.717) is 18.2 Å². The first-order chi connectivity index (χ1) is 12.2. The molecule has 2 saturated heterocycles. The Labute approximate surface area is 166 Å². The number of nitrogens with zero attached hydrogens (tertiary/aromatic N) is 1. The third-order valence-electron chi connectivity index (χ3n) is 4.80. The summed E-state index contributed by atoms with van der Waals surface area (Å²) in [5.74, 6) is 1.01. The van der Waals surface area contributed by atoms with Gasteiger partial charge in [-0.05, 0) is 17.7 Å². The van der Waals surface area contributed by atoms with Crippen LogP contribution in [0.4, 0.5) is 0 Å². The molecule has 0 bridgehead atoms. The summed E-state index contributed by atoms with van der Waals surface area (Å²) in [5.41, 5.74) is 1.12. The van der Waals surface area contributed by atoms with Gasteiger partial charge in [0.1, 0.15) is 12.4 Å². The third kappa shape index (κ3) is 6.53. The standard InChI is InChI=1S/C18H28ClN3O3.ClH/c19-16-9-14(10-20-11-15-12-21-13-17(15)23)1-2-18(16)25-8-5-22-3-6-24-7-4-22;/h1-2,9,15,17,20-21,23H,3-8,10-13H2;1H. The predicted molar refractivity (Wildman–Crippen MR) is 106 cm³/mol. The highest BCUT2D eigenvalue weighted by Crippen LogP contribution is 2.25. The van der Waals surface area contributed by atoms with Gasteiger partial charge in [-0.25, -0.2) is 0 Å². The van der Waals surface area contributed by atoms with Crippen LogP contribution in [0.25, 0.3) is 0 Å². The van der Waals surface area contributed by atoms with Gasteiger partial charge < -0.3 is 25.2 Å². The molecule has 0 aromatic heterocycles. The normalized spacial score (nSPS) is 23.6. The minimum Gasteiger partial charge on any atom is -0.491 e. The molecule has 2 aliphatic heterocycles. The molecule has 2 aliphatic rings. The van der Waals surface area contributed by atoms with Crippen LogP contribution in [-0.4, -0.2) is 75.2 Å². The third-order valence-corrected chi connectivity index (χ3v) is 5.10. The molecule has 3 rings (SSSR count). The lowest BCUT2D eigenvalue weighted by Crippen LogP contribution is -2.38. The van der Waals surface area contributed by atoms with E-state index in [9.17, 15) is 5.11 Å².